The topological polar surface area (TPSA) is 67.4 Å². The molecule has 6 heteroatoms. The van der Waals surface area contributed by atoms with Gasteiger partial charge < -0.3 is 0 Å². The average Bonchev–Trinajstić information content (AvgIpc) is 3.01. The molecule has 0 amide bonds. The van der Waals surface area contributed by atoms with E-state index in [1.54, 1.807) is 22.5 Å². The molecular formula is C17H15N5S. The average molecular weight is 321 g/mol. The fourth-order valence-electron chi connectivity index (χ4n) is 2.43. The van der Waals surface area contributed by atoms with Gasteiger partial charge in [0.2, 0.25) is 5.16 Å². The molecule has 23 heavy (non-hydrogen) atoms. The third-order valence-electron chi connectivity index (χ3n) is 3.52. The van der Waals surface area contributed by atoms with Crippen LogP contribution in [-0.2, 0) is 5.75 Å². The monoisotopic (exact) mass is 321 g/mol. The molecular weight excluding hydrogens is 306 g/mol. The maximum Gasteiger partial charge on any atom is 0.214 e. The van der Waals surface area contributed by atoms with Gasteiger partial charge >= 0.3 is 0 Å². The van der Waals surface area contributed by atoms with Gasteiger partial charge in [0.05, 0.1) is 17.3 Å². The van der Waals surface area contributed by atoms with Crippen LogP contribution in [0.15, 0.2) is 47.6 Å². The predicted octanol–water partition coefficient (Wildman–Crippen LogP) is 3.44. The molecule has 114 valence electrons. The number of thioether (sulfide) groups is 1. The van der Waals surface area contributed by atoms with Crippen molar-refractivity contribution in [2.75, 3.05) is 0 Å². The third-order valence-corrected chi connectivity index (χ3v) is 4.51. The van der Waals surface area contributed by atoms with E-state index in [2.05, 4.69) is 47.6 Å². The quantitative estimate of drug-likeness (QED) is 0.689. The molecule has 0 atom stereocenters. The van der Waals surface area contributed by atoms with Gasteiger partial charge in [0.25, 0.3) is 0 Å². The number of hydrogen-bond donors (Lipinski definition) is 0. The first-order chi connectivity index (χ1) is 11.2. The number of hydrogen-bond acceptors (Lipinski definition) is 5. The highest BCUT2D eigenvalue weighted by Gasteiger charge is 2.13. The Morgan fingerprint density at radius 3 is 2.61 bits per heavy atom. The van der Waals surface area contributed by atoms with Crippen molar-refractivity contribution in [2.24, 2.45) is 0 Å². The molecule has 0 N–H and O–H groups in total. The van der Waals surface area contributed by atoms with Gasteiger partial charge in [0.15, 0.2) is 0 Å². The Bertz CT molecular complexity index is 858. The summed E-state index contributed by atoms with van der Waals surface area (Å²) in [5.41, 5.74) is 5.02. The summed E-state index contributed by atoms with van der Waals surface area (Å²) >= 11 is 1.56. The van der Waals surface area contributed by atoms with Crippen molar-refractivity contribution in [3.63, 3.8) is 0 Å². The van der Waals surface area contributed by atoms with E-state index in [0.29, 0.717) is 11.3 Å². The molecule has 3 rings (SSSR count). The van der Waals surface area contributed by atoms with E-state index in [4.69, 9.17) is 5.26 Å². The van der Waals surface area contributed by atoms with Crippen molar-refractivity contribution in [3.05, 3.63) is 64.7 Å². The summed E-state index contributed by atoms with van der Waals surface area (Å²) in [5.74, 6) is 0.709. The number of benzene rings is 2. The lowest BCUT2D eigenvalue weighted by molar-refractivity contribution is 0.747. The molecule has 0 saturated heterocycles. The van der Waals surface area contributed by atoms with Crippen LogP contribution in [0.25, 0.3) is 5.69 Å². The Balaban J connectivity index is 1.86. The van der Waals surface area contributed by atoms with Crippen molar-refractivity contribution in [3.8, 4) is 11.8 Å². The Hall–Kier alpha value is -2.65. The van der Waals surface area contributed by atoms with Crippen molar-refractivity contribution in [2.45, 2.75) is 24.8 Å². The van der Waals surface area contributed by atoms with Gasteiger partial charge in [-0.1, -0.05) is 42.1 Å². The number of nitrogens with zero attached hydrogens (tertiary/aromatic N) is 5. The van der Waals surface area contributed by atoms with E-state index in [1.165, 1.54) is 0 Å². The number of aromatic nitrogens is 4. The molecule has 0 aliphatic carbocycles. The zero-order valence-electron chi connectivity index (χ0n) is 12.9. The van der Waals surface area contributed by atoms with Crippen LogP contribution >= 0.6 is 11.8 Å². The number of tetrazole rings is 1. The van der Waals surface area contributed by atoms with Crippen LogP contribution in [0.1, 0.15) is 22.3 Å². The summed E-state index contributed by atoms with van der Waals surface area (Å²) in [4.78, 5) is 0. The van der Waals surface area contributed by atoms with Crippen LogP contribution in [0.2, 0.25) is 0 Å². The van der Waals surface area contributed by atoms with Gasteiger partial charge in [-0.05, 0) is 53.1 Å². The smallest absolute Gasteiger partial charge is 0.192 e. The molecule has 3 aromatic rings. The third kappa shape index (κ3) is 3.25. The van der Waals surface area contributed by atoms with Gasteiger partial charge in [-0.3, -0.25) is 0 Å². The van der Waals surface area contributed by atoms with Crippen molar-refractivity contribution < 1.29 is 0 Å². The fraction of sp³-hybridized carbons (Fsp3) is 0.176. The summed E-state index contributed by atoms with van der Waals surface area (Å²) < 4.78 is 1.78. The Kier molecular flexibility index (Phi) is 4.40. The molecule has 0 fully saturated rings. The van der Waals surface area contributed by atoms with Crippen molar-refractivity contribution in [1.82, 2.24) is 20.2 Å². The SMILES string of the molecule is Cc1cccc(C)c1-n1nnnc1SCc1cccc(C#N)c1. The van der Waals surface area contributed by atoms with Gasteiger partial charge in [-0.15, -0.1) is 5.10 Å². The Labute approximate surface area is 139 Å². The molecule has 0 saturated carbocycles. The van der Waals surface area contributed by atoms with Crippen molar-refractivity contribution >= 4 is 11.8 Å². The standard InChI is InChI=1S/C17H15N5S/c1-12-5-3-6-13(2)16(12)22-17(19-20-21-22)23-11-15-8-4-7-14(9-15)10-18/h3-9H,11H2,1-2H3. The number of nitriles is 1. The molecule has 0 spiro atoms. The molecule has 0 unspecified atom stereocenters. The van der Waals surface area contributed by atoms with E-state index in [0.717, 1.165) is 27.5 Å². The van der Waals surface area contributed by atoms with Crippen LogP contribution < -0.4 is 0 Å². The van der Waals surface area contributed by atoms with E-state index >= 15 is 0 Å². The molecule has 0 radical (unpaired) electrons. The van der Waals surface area contributed by atoms with Gasteiger partial charge in [0, 0.05) is 5.75 Å². The lowest BCUT2D eigenvalue weighted by Gasteiger charge is -2.10. The normalized spacial score (nSPS) is 10.5. The van der Waals surface area contributed by atoms with Gasteiger partial charge in [-0.25, -0.2) is 0 Å². The van der Waals surface area contributed by atoms with Gasteiger partial charge in [0.1, 0.15) is 0 Å². The first-order valence-corrected chi connectivity index (χ1v) is 8.14. The predicted molar refractivity (Wildman–Crippen MR) is 89.3 cm³/mol. The summed E-state index contributed by atoms with van der Waals surface area (Å²) in [7, 11) is 0. The zero-order chi connectivity index (χ0) is 16.2. The summed E-state index contributed by atoms with van der Waals surface area (Å²) in [6, 6.07) is 15.9. The van der Waals surface area contributed by atoms with Crippen LogP contribution in [-0.4, -0.2) is 20.2 Å². The van der Waals surface area contributed by atoms with Crippen LogP contribution in [0.4, 0.5) is 0 Å². The molecule has 2 aromatic carbocycles. The molecule has 5 nitrogen and oxygen atoms in total. The van der Waals surface area contributed by atoms with E-state index < -0.39 is 0 Å². The minimum Gasteiger partial charge on any atom is -0.192 e. The van der Waals surface area contributed by atoms with Crippen LogP contribution in [0, 0.1) is 25.2 Å². The Morgan fingerprint density at radius 2 is 1.87 bits per heavy atom. The van der Waals surface area contributed by atoms with E-state index in [1.807, 2.05) is 24.3 Å². The highest BCUT2D eigenvalue weighted by Crippen LogP contribution is 2.25. The number of rotatable bonds is 4. The second-order valence-electron chi connectivity index (χ2n) is 5.21. The minimum absolute atomic E-state index is 0.664. The van der Waals surface area contributed by atoms with E-state index in [9.17, 15) is 0 Å². The van der Waals surface area contributed by atoms with Crippen molar-refractivity contribution in [1.29, 1.82) is 5.26 Å². The number of para-hydroxylation sites is 1. The van der Waals surface area contributed by atoms with Crippen LogP contribution in [0.5, 0.6) is 0 Å². The first-order valence-electron chi connectivity index (χ1n) is 7.16. The lowest BCUT2D eigenvalue weighted by atomic mass is 10.1. The molecule has 0 bridgehead atoms. The second-order valence-corrected chi connectivity index (χ2v) is 6.16. The summed E-state index contributed by atoms with van der Waals surface area (Å²) in [5, 5.41) is 21.8. The maximum atomic E-state index is 8.97. The highest BCUT2D eigenvalue weighted by atomic mass is 32.2. The highest BCUT2D eigenvalue weighted by molar-refractivity contribution is 7.98. The summed E-state index contributed by atoms with van der Waals surface area (Å²) in [6.45, 7) is 4.10. The number of aryl methyl sites for hydroxylation is 2. The lowest BCUT2D eigenvalue weighted by Crippen LogP contribution is -2.04. The summed E-state index contributed by atoms with van der Waals surface area (Å²) in [6.07, 6.45) is 0. The fourth-order valence-corrected chi connectivity index (χ4v) is 3.25. The second kappa shape index (κ2) is 6.63. The van der Waals surface area contributed by atoms with Crippen LogP contribution in [0.3, 0.4) is 0 Å². The minimum atomic E-state index is 0.664. The Morgan fingerprint density at radius 1 is 1.13 bits per heavy atom. The largest absolute Gasteiger partial charge is 0.214 e. The van der Waals surface area contributed by atoms with Gasteiger partial charge in [-0.2, -0.15) is 9.94 Å². The zero-order valence-corrected chi connectivity index (χ0v) is 13.7. The first kappa shape index (κ1) is 15.3. The maximum absolute atomic E-state index is 8.97. The molecule has 1 aromatic heterocycles. The molecule has 0 aliphatic heterocycles. The molecule has 0 aliphatic rings. The van der Waals surface area contributed by atoms with E-state index in [-0.39, 0.29) is 0 Å². The molecule has 1 heterocycles.